The number of hydrogen-bond acceptors (Lipinski definition) is 5. The number of nitrogens with one attached hydrogen (secondary N) is 1. The summed E-state index contributed by atoms with van der Waals surface area (Å²) in [6.07, 6.45) is 0. The number of halogens is 1. The smallest absolute Gasteiger partial charge is 0.318 e. The summed E-state index contributed by atoms with van der Waals surface area (Å²) >= 11 is 6.03. The van der Waals surface area contributed by atoms with Crippen LogP contribution in [0.15, 0.2) is 83.8 Å². The lowest BCUT2D eigenvalue weighted by molar-refractivity contribution is -0.147. The Bertz CT molecular complexity index is 1190. The van der Waals surface area contributed by atoms with E-state index in [2.05, 4.69) is 5.32 Å². The van der Waals surface area contributed by atoms with E-state index in [1.165, 1.54) is 32.3 Å². The molecule has 0 aliphatic carbocycles. The normalized spacial score (nSPS) is 11.4. The molecule has 172 valence electrons. The largest absolute Gasteiger partial charge is 0.455 e. The van der Waals surface area contributed by atoms with Crippen LogP contribution in [0.25, 0.3) is 0 Å². The van der Waals surface area contributed by atoms with Crippen molar-refractivity contribution in [3.63, 3.8) is 0 Å². The van der Waals surface area contributed by atoms with E-state index in [1.54, 1.807) is 0 Å². The first-order valence-corrected chi connectivity index (χ1v) is 11.8. The van der Waals surface area contributed by atoms with Crippen molar-refractivity contribution in [2.75, 3.05) is 26.0 Å². The number of hydrogen-bond donors (Lipinski definition) is 1. The summed E-state index contributed by atoms with van der Waals surface area (Å²) in [6, 6.07) is 22.4. The number of esters is 1. The van der Waals surface area contributed by atoms with Gasteiger partial charge in [-0.3, -0.25) is 9.59 Å². The topological polar surface area (TPSA) is 92.8 Å². The van der Waals surface area contributed by atoms with Gasteiger partial charge in [0, 0.05) is 19.8 Å². The fraction of sp³-hybridized carbons (Fsp3) is 0.167. The third kappa shape index (κ3) is 5.98. The minimum Gasteiger partial charge on any atom is -0.455 e. The Labute approximate surface area is 198 Å². The average molecular weight is 487 g/mol. The standard InChI is InChI=1S/C24H23ClN2O5S/c1-27(2)33(30,31)21-15-19(13-14-20(21)25)26-22(28)16-32-24(29)23(17-9-5-3-6-10-17)18-11-7-4-8-12-18/h3-15,23H,16H2,1-2H3,(H,26,28). The van der Waals surface area contributed by atoms with E-state index in [0.717, 1.165) is 15.4 Å². The van der Waals surface area contributed by atoms with Crippen LogP contribution in [0.3, 0.4) is 0 Å². The molecule has 3 aromatic carbocycles. The SMILES string of the molecule is CN(C)S(=O)(=O)c1cc(NC(=O)COC(=O)C(c2ccccc2)c2ccccc2)ccc1Cl. The Morgan fingerprint density at radius 1 is 0.939 bits per heavy atom. The summed E-state index contributed by atoms with van der Waals surface area (Å²) in [6.45, 7) is -0.534. The van der Waals surface area contributed by atoms with Crippen LogP contribution in [-0.4, -0.2) is 45.3 Å². The van der Waals surface area contributed by atoms with Gasteiger partial charge in [-0.05, 0) is 29.3 Å². The van der Waals surface area contributed by atoms with Gasteiger partial charge in [0.05, 0.1) is 5.02 Å². The molecule has 1 amide bonds. The maximum Gasteiger partial charge on any atom is 0.318 e. The lowest BCUT2D eigenvalue weighted by atomic mass is 9.91. The van der Waals surface area contributed by atoms with Gasteiger partial charge in [0.1, 0.15) is 10.8 Å². The van der Waals surface area contributed by atoms with Crippen LogP contribution in [0, 0.1) is 0 Å². The third-order valence-corrected chi connectivity index (χ3v) is 7.12. The van der Waals surface area contributed by atoms with Crippen molar-refractivity contribution in [3.8, 4) is 0 Å². The number of anilines is 1. The lowest BCUT2D eigenvalue weighted by Gasteiger charge is -2.17. The molecule has 0 heterocycles. The number of rotatable bonds is 8. The van der Waals surface area contributed by atoms with E-state index in [0.29, 0.717) is 0 Å². The van der Waals surface area contributed by atoms with E-state index in [4.69, 9.17) is 16.3 Å². The highest BCUT2D eigenvalue weighted by Gasteiger charge is 2.25. The van der Waals surface area contributed by atoms with Gasteiger partial charge < -0.3 is 10.1 Å². The first-order valence-electron chi connectivity index (χ1n) is 9.98. The number of carbonyl (C=O) groups excluding carboxylic acids is 2. The highest BCUT2D eigenvalue weighted by atomic mass is 35.5. The van der Waals surface area contributed by atoms with Crippen LogP contribution in [0.4, 0.5) is 5.69 Å². The van der Waals surface area contributed by atoms with Crippen molar-refractivity contribution >= 4 is 39.2 Å². The quantitative estimate of drug-likeness (QED) is 0.487. The number of nitrogens with zero attached hydrogens (tertiary/aromatic N) is 1. The second-order valence-electron chi connectivity index (χ2n) is 7.34. The van der Waals surface area contributed by atoms with E-state index < -0.39 is 34.4 Å². The fourth-order valence-electron chi connectivity index (χ4n) is 3.15. The first-order chi connectivity index (χ1) is 15.7. The number of amides is 1. The molecule has 9 heteroatoms. The molecule has 0 aliphatic rings. The number of carbonyl (C=O) groups is 2. The molecule has 0 spiro atoms. The average Bonchev–Trinajstić information content (AvgIpc) is 2.80. The van der Waals surface area contributed by atoms with Crippen LogP contribution < -0.4 is 5.32 Å². The Morgan fingerprint density at radius 3 is 2.00 bits per heavy atom. The Balaban J connectivity index is 1.72. The van der Waals surface area contributed by atoms with Crippen LogP contribution in [0.2, 0.25) is 5.02 Å². The monoisotopic (exact) mass is 486 g/mol. The van der Waals surface area contributed by atoms with Crippen LogP contribution in [0.5, 0.6) is 0 Å². The zero-order valence-corrected chi connectivity index (χ0v) is 19.6. The van der Waals surface area contributed by atoms with Gasteiger partial charge >= 0.3 is 5.97 Å². The summed E-state index contributed by atoms with van der Waals surface area (Å²) in [4.78, 5) is 25.2. The minimum absolute atomic E-state index is 0.0293. The van der Waals surface area contributed by atoms with E-state index >= 15 is 0 Å². The molecule has 0 aromatic heterocycles. The molecule has 0 atom stereocenters. The third-order valence-electron chi connectivity index (χ3n) is 4.82. The van der Waals surface area contributed by atoms with Gasteiger partial charge in [0.25, 0.3) is 5.91 Å². The molecule has 0 aliphatic heterocycles. The molecular formula is C24H23ClN2O5S. The summed E-state index contributed by atoms with van der Waals surface area (Å²) in [5.41, 5.74) is 1.69. The first kappa shape index (κ1) is 24.4. The number of ether oxygens (including phenoxy) is 1. The number of benzene rings is 3. The maximum atomic E-state index is 12.9. The van der Waals surface area contributed by atoms with E-state index in [9.17, 15) is 18.0 Å². The van der Waals surface area contributed by atoms with Gasteiger partial charge in [-0.15, -0.1) is 0 Å². The van der Waals surface area contributed by atoms with Crippen molar-refractivity contribution in [1.29, 1.82) is 0 Å². The predicted molar refractivity (Wildman–Crippen MR) is 127 cm³/mol. The molecule has 3 rings (SSSR count). The van der Waals surface area contributed by atoms with Gasteiger partial charge in [0.2, 0.25) is 10.0 Å². The molecule has 3 aromatic rings. The molecule has 0 fully saturated rings. The molecule has 0 bridgehead atoms. The molecular weight excluding hydrogens is 464 g/mol. The number of sulfonamides is 1. The van der Waals surface area contributed by atoms with Crippen LogP contribution >= 0.6 is 11.6 Å². The maximum absolute atomic E-state index is 12.9. The molecule has 0 saturated heterocycles. The molecule has 0 saturated carbocycles. The second-order valence-corrected chi connectivity index (χ2v) is 9.87. The van der Waals surface area contributed by atoms with Crippen molar-refractivity contribution in [3.05, 3.63) is 95.0 Å². The van der Waals surface area contributed by atoms with Crippen molar-refractivity contribution in [2.24, 2.45) is 0 Å². The van der Waals surface area contributed by atoms with Gasteiger partial charge in [-0.25, -0.2) is 12.7 Å². The molecule has 0 unspecified atom stereocenters. The highest BCUT2D eigenvalue weighted by Crippen LogP contribution is 2.28. The molecule has 7 nitrogen and oxygen atoms in total. The Hall–Kier alpha value is -3.20. The van der Waals surface area contributed by atoms with Crippen molar-refractivity contribution in [2.45, 2.75) is 10.8 Å². The molecule has 33 heavy (non-hydrogen) atoms. The van der Waals surface area contributed by atoms with Crippen molar-refractivity contribution in [1.82, 2.24) is 4.31 Å². The summed E-state index contributed by atoms with van der Waals surface area (Å²) < 4.78 is 31.1. The van der Waals surface area contributed by atoms with Gasteiger partial charge in [0.15, 0.2) is 6.61 Å². The zero-order chi connectivity index (χ0) is 24.0. The minimum atomic E-state index is -3.80. The van der Waals surface area contributed by atoms with Crippen molar-refractivity contribution < 1.29 is 22.7 Å². The summed E-state index contributed by atoms with van der Waals surface area (Å²) in [7, 11) is -1.04. The summed E-state index contributed by atoms with van der Waals surface area (Å²) in [5.74, 6) is -1.87. The highest BCUT2D eigenvalue weighted by molar-refractivity contribution is 7.89. The lowest BCUT2D eigenvalue weighted by Crippen LogP contribution is -2.25. The van der Waals surface area contributed by atoms with E-state index in [1.807, 2.05) is 60.7 Å². The summed E-state index contributed by atoms with van der Waals surface area (Å²) in [5, 5.41) is 2.57. The Kier molecular flexibility index (Phi) is 7.86. The zero-order valence-electron chi connectivity index (χ0n) is 18.1. The van der Waals surface area contributed by atoms with Crippen LogP contribution in [-0.2, 0) is 24.3 Å². The van der Waals surface area contributed by atoms with Crippen LogP contribution in [0.1, 0.15) is 17.0 Å². The second kappa shape index (κ2) is 10.6. The fourth-order valence-corrected chi connectivity index (χ4v) is 4.54. The predicted octanol–water partition coefficient (Wildman–Crippen LogP) is 3.90. The van der Waals surface area contributed by atoms with E-state index in [-0.39, 0.29) is 15.6 Å². The molecule has 0 radical (unpaired) electrons. The van der Waals surface area contributed by atoms with Gasteiger partial charge in [-0.2, -0.15) is 0 Å². The molecule has 1 N–H and O–H groups in total. The Morgan fingerprint density at radius 2 is 1.48 bits per heavy atom. The van der Waals surface area contributed by atoms with Gasteiger partial charge in [-0.1, -0.05) is 72.3 Å².